The molecular weight excluding hydrogens is 392 g/mol. The smallest absolute Gasteiger partial charge is 0.337 e. The molecule has 2 aromatic heterocycles. The Hall–Kier alpha value is -3.94. The Morgan fingerprint density at radius 2 is 1.81 bits per heavy atom. The van der Waals surface area contributed by atoms with E-state index in [9.17, 15) is 9.59 Å². The van der Waals surface area contributed by atoms with Crippen molar-refractivity contribution in [1.29, 1.82) is 0 Å². The second-order valence-corrected chi connectivity index (χ2v) is 7.69. The van der Waals surface area contributed by atoms with E-state index in [1.54, 1.807) is 18.2 Å². The van der Waals surface area contributed by atoms with Gasteiger partial charge in [-0.3, -0.25) is 4.79 Å². The third-order valence-corrected chi connectivity index (χ3v) is 5.44. The first-order chi connectivity index (χ1) is 15.1. The number of carbonyl (C=O) groups excluding carboxylic acids is 1. The van der Waals surface area contributed by atoms with Crippen molar-refractivity contribution >= 4 is 23.2 Å². The topological polar surface area (TPSA) is 84.5 Å². The van der Waals surface area contributed by atoms with Gasteiger partial charge in [0.05, 0.1) is 0 Å². The molecule has 0 saturated heterocycles. The number of anilines is 2. The number of rotatable bonds is 4. The van der Waals surface area contributed by atoms with Crippen LogP contribution in [0.1, 0.15) is 16.8 Å². The lowest BCUT2D eigenvalue weighted by Gasteiger charge is -2.29. The Balaban J connectivity index is 1.47. The van der Waals surface area contributed by atoms with E-state index < -0.39 is 0 Å². The molecule has 5 rings (SSSR count). The van der Waals surface area contributed by atoms with Crippen LogP contribution in [-0.4, -0.2) is 31.6 Å². The quantitative estimate of drug-likeness (QED) is 0.554. The predicted molar refractivity (Wildman–Crippen MR) is 118 cm³/mol. The second-order valence-electron chi connectivity index (χ2n) is 7.69. The van der Waals surface area contributed by atoms with Crippen LogP contribution in [0.25, 0.3) is 5.65 Å². The average molecular weight is 414 g/mol. The van der Waals surface area contributed by atoms with Gasteiger partial charge in [-0.1, -0.05) is 42.5 Å². The zero-order valence-corrected chi connectivity index (χ0v) is 17.2. The van der Waals surface area contributed by atoms with E-state index in [0.717, 1.165) is 18.7 Å². The molecular formula is C23H22N6O2. The maximum atomic E-state index is 13.2. The average Bonchev–Trinajstić information content (AvgIpc) is 3.08. The van der Waals surface area contributed by atoms with Gasteiger partial charge in [0.15, 0.2) is 5.65 Å². The second kappa shape index (κ2) is 7.71. The van der Waals surface area contributed by atoms with E-state index in [-0.39, 0.29) is 18.1 Å². The summed E-state index contributed by atoms with van der Waals surface area (Å²) in [5.41, 5.74) is 4.11. The van der Waals surface area contributed by atoms with Crippen LogP contribution in [0.4, 0.5) is 11.6 Å². The molecule has 0 bridgehead atoms. The molecule has 1 aliphatic rings. The Morgan fingerprint density at radius 1 is 1.06 bits per heavy atom. The van der Waals surface area contributed by atoms with E-state index in [0.29, 0.717) is 23.8 Å². The predicted octanol–water partition coefficient (Wildman–Crippen LogP) is 2.40. The molecule has 0 saturated carbocycles. The molecule has 8 nitrogen and oxygen atoms in total. The molecule has 0 spiro atoms. The number of para-hydroxylation sites is 1. The van der Waals surface area contributed by atoms with Crippen molar-refractivity contribution in [3.05, 3.63) is 88.0 Å². The number of fused-ring (bicyclic) bond motifs is 2. The fourth-order valence-corrected chi connectivity index (χ4v) is 3.97. The summed E-state index contributed by atoms with van der Waals surface area (Å²) in [5.74, 6) is 0.249. The molecule has 0 radical (unpaired) electrons. The van der Waals surface area contributed by atoms with Gasteiger partial charge >= 0.3 is 5.69 Å². The third kappa shape index (κ3) is 3.68. The molecule has 4 aromatic rings. The van der Waals surface area contributed by atoms with Crippen molar-refractivity contribution in [1.82, 2.24) is 19.2 Å². The van der Waals surface area contributed by atoms with Crippen molar-refractivity contribution in [2.75, 3.05) is 16.8 Å². The lowest BCUT2D eigenvalue weighted by atomic mass is 10.0. The van der Waals surface area contributed by atoms with Gasteiger partial charge < -0.3 is 10.2 Å². The summed E-state index contributed by atoms with van der Waals surface area (Å²) in [5, 5.41) is 7.18. The van der Waals surface area contributed by atoms with Crippen molar-refractivity contribution in [3.63, 3.8) is 0 Å². The molecule has 0 aliphatic carbocycles. The molecule has 2 aromatic carbocycles. The Labute approximate surface area is 178 Å². The minimum atomic E-state index is -0.375. The lowest BCUT2D eigenvalue weighted by molar-refractivity contribution is -0.117. The molecule has 0 atom stereocenters. The SMILES string of the molecule is Cc1cc2nn(CC(=O)Nc3ccccc3)c(=O)n2c(N2CCc3ccccc3C2)n1. The number of amides is 1. The number of hydrogen-bond donors (Lipinski definition) is 1. The highest BCUT2D eigenvalue weighted by molar-refractivity contribution is 5.90. The van der Waals surface area contributed by atoms with Gasteiger partial charge in [-0.05, 0) is 36.6 Å². The van der Waals surface area contributed by atoms with Gasteiger partial charge in [0.25, 0.3) is 0 Å². The van der Waals surface area contributed by atoms with Gasteiger partial charge in [-0.15, -0.1) is 5.10 Å². The van der Waals surface area contributed by atoms with Crippen LogP contribution in [0.2, 0.25) is 0 Å². The van der Waals surface area contributed by atoms with E-state index >= 15 is 0 Å². The van der Waals surface area contributed by atoms with Gasteiger partial charge in [0.2, 0.25) is 11.9 Å². The van der Waals surface area contributed by atoms with E-state index in [1.165, 1.54) is 20.2 Å². The van der Waals surface area contributed by atoms with Crippen LogP contribution in [0.5, 0.6) is 0 Å². The maximum Gasteiger partial charge on any atom is 0.353 e. The lowest BCUT2D eigenvalue weighted by Crippen LogP contribution is -2.35. The van der Waals surface area contributed by atoms with Gasteiger partial charge in [-0.25, -0.2) is 18.9 Å². The fourth-order valence-electron chi connectivity index (χ4n) is 3.97. The van der Waals surface area contributed by atoms with Crippen molar-refractivity contribution in [3.8, 4) is 0 Å². The summed E-state index contributed by atoms with van der Waals surface area (Å²) in [7, 11) is 0. The molecule has 3 heterocycles. The number of hydrogen-bond acceptors (Lipinski definition) is 5. The number of carbonyl (C=O) groups is 1. The number of aryl methyl sites for hydroxylation is 1. The van der Waals surface area contributed by atoms with Gasteiger partial charge in [-0.2, -0.15) is 0 Å². The van der Waals surface area contributed by atoms with Crippen molar-refractivity contribution < 1.29 is 4.79 Å². The standard InChI is InChI=1S/C23H22N6O2/c1-16-13-20-26-28(15-21(30)25-19-9-3-2-4-10-19)23(31)29(20)22(24-16)27-12-11-17-7-5-6-8-18(17)14-27/h2-10,13H,11-12,14-15H2,1H3,(H,25,30). The van der Waals surface area contributed by atoms with E-state index in [4.69, 9.17) is 0 Å². The molecule has 31 heavy (non-hydrogen) atoms. The summed E-state index contributed by atoms with van der Waals surface area (Å²) >= 11 is 0. The maximum absolute atomic E-state index is 13.2. The monoisotopic (exact) mass is 414 g/mol. The summed E-state index contributed by atoms with van der Waals surface area (Å²) in [6.07, 6.45) is 0.885. The summed E-state index contributed by atoms with van der Waals surface area (Å²) < 4.78 is 2.69. The van der Waals surface area contributed by atoms with Crippen LogP contribution in [0.15, 0.2) is 65.5 Å². The number of aromatic nitrogens is 4. The zero-order valence-electron chi connectivity index (χ0n) is 17.2. The minimum Gasteiger partial charge on any atom is -0.337 e. The summed E-state index contributed by atoms with van der Waals surface area (Å²) in [4.78, 5) is 32.4. The first kappa shape index (κ1) is 19.0. The van der Waals surface area contributed by atoms with Gasteiger partial charge in [0, 0.05) is 30.5 Å². The molecule has 156 valence electrons. The zero-order chi connectivity index (χ0) is 21.4. The number of nitrogens with one attached hydrogen (secondary N) is 1. The van der Waals surface area contributed by atoms with Crippen molar-refractivity contribution in [2.45, 2.75) is 26.4 Å². The van der Waals surface area contributed by atoms with Crippen molar-refractivity contribution in [2.24, 2.45) is 0 Å². The Morgan fingerprint density at radius 3 is 2.61 bits per heavy atom. The summed E-state index contributed by atoms with van der Waals surface area (Å²) in [6, 6.07) is 19.2. The minimum absolute atomic E-state index is 0.170. The van der Waals surface area contributed by atoms with Crippen LogP contribution < -0.4 is 15.9 Å². The first-order valence-corrected chi connectivity index (χ1v) is 10.2. The van der Waals surface area contributed by atoms with Gasteiger partial charge in [0.1, 0.15) is 6.54 Å². The van der Waals surface area contributed by atoms with Crippen LogP contribution in [0, 0.1) is 6.92 Å². The highest BCUT2D eigenvalue weighted by Crippen LogP contribution is 2.23. The molecule has 1 amide bonds. The van der Waals surface area contributed by atoms with E-state index in [2.05, 4.69) is 32.4 Å². The number of nitrogens with zero attached hydrogens (tertiary/aromatic N) is 5. The molecule has 8 heteroatoms. The highest BCUT2D eigenvalue weighted by Gasteiger charge is 2.22. The number of benzene rings is 2. The molecule has 1 aliphatic heterocycles. The third-order valence-electron chi connectivity index (χ3n) is 5.44. The first-order valence-electron chi connectivity index (χ1n) is 10.2. The molecule has 1 N–H and O–H groups in total. The van der Waals surface area contributed by atoms with Crippen LogP contribution in [-0.2, 0) is 24.3 Å². The normalized spacial score (nSPS) is 13.3. The Kier molecular flexibility index (Phi) is 4.74. The molecule has 0 unspecified atom stereocenters. The van der Waals surface area contributed by atoms with E-state index in [1.807, 2.05) is 37.3 Å². The van der Waals surface area contributed by atoms with Crippen LogP contribution in [0.3, 0.4) is 0 Å². The fraction of sp³-hybridized carbons (Fsp3) is 0.217. The molecule has 0 fully saturated rings. The van der Waals surface area contributed by atoms with Crippen LogP contribution >= 0.6 is 0 Å². The Bertz CT molecular complexity index is 1330. The highest BCUT2D eigenvalue weighted by atomic mass is 16.2. The summed E-state index contributed by atoms with van der Waals surface area (Å²) in [6.45, 7) is 3.15. The largest absolute Gasteiger partial charge is 0.353 e.